The van der Waals surface area contributed by atoms with E-state index in [0.717, 1.165) is 12.1 Å². The highest BCUT2D eigenvalue weighted by Gasteiger charge is 2.16. The Morgan fingerprint density at radius 3 is 2.61 bits per heavy atom. The first kappa shape index (κ1) is 14.5. The summed E-state index contributed by atoms with van der Waals surface area (Å²) in [5.74, 6) is -1.58. The molecule has 1 unspecified atom stereocenters. The number of carbonyl (C=O) groups excluding carboxylic acids is 1. The molecule has 6 heteroatoms. The van der Waals surface area contributed by atoms with Crippen molar-refractivity contribution in [1.29, 1.82) is 0 Å². The van der Waals surface area contributed by atoms with Crippen molar-refractivity contribution in [3.8, 4) is 0 Å². The maximum atomic E-state index is 13.3. The summed E-state index contributed by atoms with van der Waals surface area (Å²) < 4.78 is 37.9. The molecule has 100 valence electrons. The minimum absolute atomic E-state index is 0.0146. The number of alkyl halides is 2. The van der Waals surface area contributed by atoms with E-state index in [1.54, 1.807) is 6.92 Å². The molecule has 0 heterocycles. The SMILES string of the molecule is CC(CCN)NC(=O)c1ccc(C(F)F)c(F)c1. The summed E-state index contributed by atoms with van der Waals surface area (Å²) >= 11 is 0. The predicted molar refractivity (Wildman–Crippen MR) is 62.0 cm³/mol. The maximum Gasteiger partial charge on any atom is 0.266 e. The van der Waals surface area contributed by atoms with Crippen LogP contribution in [0, 0.1) is 5.82 Å². The quantitative estimate of drug-likeness (QED) is 0.853. The highest BCUT2D eigenvalue weighted by atomic mass is 19.3. The van der Waals surface area contributed by atoms with Gasteiger partial charge in [0.2, 0.25) is 0 Å². The van der Waals surface area contributed by atoms with Crippen molar-refractivity contribution < 1.29 is 18.0 Å². The molecule has 1 atom stereocenters. The van der Waals surface area contributed by atoms with Crippen LogP contribution in [0.1, 0.15) is 35.7 Å². The molecule has 0 aliphatic rings. The molecule has 0 saturated heterocycles. The van der Waals surface area contributed by atoms with Crippen LogP contribution in [-0.2, 0) is 0 Å². The normalized spacial score (nSPS) is 12.6. The minimum atomic E-state index is -2.89. The summed E-state index contributed by atoms with van der Waals surface area (Å²) in [6, 6.07) is 2.75. The lowest BCUT2D eigenvalue weighted by Crippen LogP contribution is -2.34. The molecule has 0 aromatic heterocycles. The Balaban J connectivity index is 2.78. The van der Waals surface area contributed by atoms with Crippen LogP contribution >= 0.6 is 0 Å². The van der Waals surface area contributed by atoms with Crippen molar-refractivity contribution in [3.05, 3.63) is 35.1 Å². The van der Waals surface area contributed by atoms with E-state index in [1.165, 1.54) is 6.07 Å². The summed E-state index contributed by atoms with van der Waals surface area (Å²) in [4.78, 5) is 11.7. The molecular weight excluding hydrogens is 245 g/mol. The van der Waals surface area contributed by atoms with Crippen molar-refractivity contribution in [3.63, 3.8) is 0 Å². The molecule has 1 rings (SSSR count). The molecule has 0 spiro atoms. The van der Waals surface area contributed by atoms with Crippen LogP contribution in [0.25, 0.3) is 0 Å². The largest absolute Gasteiger partial charge is 0.350 e. The van der Waals surface area contributed by atoms with Crippen molar-refractivity contribution in [2.45, 2.75) is 25.8 Å². The fourth-order valence-electron chi connectivity index (χ4n) is 1.47. The molecule has 0 aliphatic heterocycles. The van der Waals surface area contributed by atoms with Crippen LogP contribution in [0.15, 0.2) is 18.2 Å². The first-order chi connectivity index (χ1) is 8.45. The molecule has 0 radical (unpaired) electrons. The van der Waals surface area contributed by atoms with Gasteiger partial charge < -0.3 is 11.1 Å². The molecule has 1 aromatic rings. The minimum Gasteiger partial charge on any atom is -0.350 e. The second-order valence-electron chi connectivity index (χ2n) is 3.99. The fourth-order valence-corrected chi connectivity index (χ4v) is 1.47. The van der Waals surface area contributed by atoms with Crippen LogP contribution in [0.3, 0.4) is 0 Å². The Labute approximate surface area is 103 Å². The van der Waals surface area contributed by atoms with Gasteiger partial charge in [-0.1, -0.05) is 0 Å². The van der Waals surface area contributed by atoms with Crippen LogP contribution in [0.4, 0.5) is 13.2 Å². The van der Waals surface area contributed by atoms with E-state index in [4.69, 9.17) is 5.73 Å². The molecule has 1 aromatic carbocycles. The zero-order chi connectivity index (χ0) is 13.7. The third-order valence-corrected chi connectivity index (χ3v) is 2.47. The van der Waals surface area contributed by atoms with Gasteiger partial charge in [0.25, 0.3) is 12.3 Å². The smallest absolute Gasteiger partial charge is 0.266 e. The van der Waals surface area contributed by atoms with Gasteiger partial charge in [-0.05, 0) is 38.1 Å². The Kier molecular flexibility index (Phi) is 5.15. The zero-order valence-electron chi connectivity index (χ0n) is 9.92. The molecule has 18 heavy (non-hydrogen) atoms. The van der Waals surface area contributed by atoms with E-state index in [9.17, 15) is 18.0 Å². The highest BCUT2D eigenvalue weighted by Crippen LogP contribution is 2.22. The lowest BCUT2D eigenvalue weighted by Gasteiger charge is -2.13. The number of rotatable bonds is 5. The van der Waals surface area contributed by atoms with E-state index in [2.05, 4.69) is 5.32 Å². The van der Waals surface area contributed by atoms with Gasteiger partial charge >= 0.3 is 0 Å². The van der Waals surface area contributed by atoms with Crippen LogP contribution in [0.2, 0.25) is 0 Å². The number of halogens is 3. The number of hydrogen-bond acceptors (Lipinski definition) is 2. The van der Waals surface area contributed by atoms with E-state index in [1.807, 2.05) is 0 Å². The van der Waals surface area contributed by atoms with E-state index >= 15 is 0 Å². The summed E-state index contributed by atoms with van der Waals surface area (Å²) in [6.07, 6.45) is -2.30. The number of nitrogens with two attached hydrogens (primary N) is 1. The van der Waals surface area contributed by atoms with Crippen molar-refractivity contribution >= 4 is 5.91 Å². The highest BCUT2D eigenvalue weighted by molar-refractivity contribution is 5.94. The Morgan fingerprint density at radius 1 is 1.44 bits per heavy atom. The van der Waals surface area contributed by atoms with Gasteiger partial charge in [-0.15, -0.1) is 0 Å². The van der Waals surface area contributed by atoms with Gasteiger partial charge in [0.15, 0.2) is 0 Å². The van der Waals surface area contributed by atoms with Gasteiger partial charge in [-0.25, -0.2) is 13.2 Å². The summed E-state index contributed by atoms with van der Waals surface area (Å²) in [6.45, 7) is 2.18. The first-order valence-electron chi connectivity index (χ1n) is 5.54. The predicted octanol–water partition coefficient (Wildman–Crippen LogP) is 2.23. The van der Waals surface area contributed by atoms with Gasteiger partial charge in [0.1, 0.15) is 5.82 Å². The molecule has 0 aliphatic carbocycles. The van der Waals surface area contributed by atoms with Crippen molar-refractivity contribution in [1.82, 2.24) is 5.32 Å². The maximum absolute atomic E-state index is 13.3. The molecule has 0 bridgehead atoms. The standard InChI is InChI=1S/C12H15F3N2O/c1-7(4-5-16)17-12(18)8-2-3-9(11(14)15)10(13)6-8/h2-3,6-7,11H,4-5,16H2,1H3,(H,17,18). The number of nitrogens with one attached hydrogen (secondary N) is 1. The Bertz CT molecular complexity index is 424. The average molecular weight is 260 g/mol. The molecule has 3 nitrogen and oxygen atoms in total. The second-order valence-corrected chi connectivity index (χ2v) is 3.99. The van der Waals surface area contributed by atoms with Crippen LogP contribution in [0.5, 0.6) is 0 Å². The Morgan fingerprint density at radius 2 is 2.11 bits per heavy atom. The monoisotopic (exact) mass is 260 g/mol. The molecular formula is C12H15F3N2O. The third kappa shape index (κ3) is 3.73. The topological polar surface area (TPSA) is 55.1 Å². The van der Waals surface area contributed by atoms with E-state index in [0.29, 0.717) is 13.0 Å². The van der Waals surface area contributed by atoms with Crippen molar-refractivity contribution in [2.75, 3.05) is 6.54 Å². The van der Waals surface area contributed by atoms with Gasteiger partial charge in [0, 0.05) is 11.6 Å². The lowest BCUT2D eigenvalue weighted by molar-refractivity contribution is 0.0937. The lowest BCUT2D eigenvalue weighted by atomic mass is 10.1. The number of benzene rings is 1. The number of hydrogen-bond donors (Lipinski definition) is 2. The number of amides is 1. The number of carbonyl (C=O) groups is 1. The van der Waals surface area contributed by atoms with Crippen molar-refractivity contribution in [2.24, 2.45) is 5.73 Å². The molecule has 0 saturated carbocycles. The van der Waals surface area contributed by atoms with E-state index in [-0.39, 0.29) is 11.6 Å². The van der Waals surface area contributed by atoms with Crippen LogP contribution < -0.4 is 11.1 Å². The third-order valence-electron chi connectivity index (χ3n) is 2.47. The summed E-state index contributed by atoms with van der Waals surface area (Å²) in [7, 11) is 0. The summed E-state index contributed by atoms with van der Waals surface area (Å²) in [5.41, 5.74) is 4.63. The molecule has 0 fully saturated rings. The second kappa shape index (κ2) is 6.39. The van der Waals surface area contributed by atoms with Crippen LogP contribution in [-0.4, -0.2) is 18.5 Å². The van der Waals surface area contributed by atoms with Gasteiger partial charge in [-0.2, -0.15) is 0 Å². The molecule has 1 amide bonds. The van der Waals surface area contributed by atoms with Gasteiger partial charge in [0.05, 0.1) is 5.56 Å². The summed E-state index contributed by atoms with van der Waals surface area (Å²) in [5, 5.41) is 2.60. The molecule has 3 N–H and O–H groups in total. The zero-order valence-corrected chi connectivity index (χ0v) is 9.92. The van der Waals surface area contributed by atoms with E-state index < -0.39 is 23.7 Å². The Hall–Kier alpha value is -1.56. The van der Waals surface area contributed by atoms with Gasteiger partial charge in [-0.3, -0.25) is 4.79 Å². The fraction of sp³-hybridized carbons (Fsp3) is 0.417. The average Bonchev–Trinajstić information content (AvgIpc) is 2.28. The first-order valence-corrected chi connectivity index (χ1v) is 5.54.